The Labute approximate surface area is 188 Å². The van der Waals surface area contributed by atoms with Crippen LogP contribution in [-0.4, -0.2) is 47.6 Å². The molecule has 0 aromatic heterocycles. The average Bonchev–Trinajstić information content (AvgIpc) is 2.73. The molecule has 29 heavy (non-hydrogen) atoms. The van der Waals surface area contributed by atoms with Gasteiger partial charge in [0.25, 0.3) is 0 Å². The van der Waals surface area contributed by atoms with Gasteiger partial charge >= 0.3 is 0 Å². The number of likely N-dealkylation sites (N-methyl/N-ethyl adjacent to an activating group) is 2. The van der Waals surface area contributed by atoms with E-state index in [0.717, 1.165) is 66.2 Å². The zero-order valence-corrected chi connectivity index (χ0v) is 20.0. The van der Waals surface area contributed by atoms with Gasteiger partial charge in [-0.25, -0.2) is 0 Å². The molecule has 0 atom stereocenters. The van der Waals surface area contributed by atoms with Crippen molar-refractivity contribution in [3.63, 3.8) is 0 Å². The zero-order valence-electron chi connectivity index (χ0n) is 17.6. The smallest absolute Gasteiger partial charge is 0.129 e. The Balaban J connectivity index is 2.18. The second-order valence-corrected chi connectivity index (χ2v) is 8.37. The third kappa shape index (κ3) is 7.58. The van der Waals surface area contributed by atoms with Gasteiger partial charge in [-0.15, -0.1) is 0 Å². The second kappa shape index (κ2) is 12.6. The van der Waals surface area contributed by atoms with Crippen LogP contribution in [0.2, 0.25) is 5.02 Å². The summed E-state index contributed by atoms with van der Waals surface area (Å²) in [5.74, 6) is 0.770. The molecule has 160 valence electrons. The molecular weight excluding hydrogens is 452 g/mol. The first-order valence-electron chi connectivity index (χ1n) is 10.2. The Morgan fingerprint density at radius 1 is 0.931 bits per heavy atom. The van der Waals surface area contributed by atoms with Crippen LogP contribution in [-0.2, 0) is 19.8 Å². The number of hydrogen-bond acceptors (Lipinski definition) is 4. The van der Waals surface area contributed by atoms with Crippen molar-refractivity contribution in [2.75, 3.05) is 32.7 Å². The van der Waals surface area contributed by atoms with Gasteiger partial charge in [0.05, 0.1) is 6.61 Å². The van der Waals surface area contributed by atoms with Crippen LogP contribution in [0.3, 0.4) is 0 Å². The van der Waals surface area contributed by atoms with Crippen molar-refractivity contribution >= 4 is 27.5 Å². The number of nitrogens with zero attached hydrogens (tertiary/aromatic N) is 2. The Kier molecular flexibility index (Phi) is 10.5. The standard InChI is InChI=1S/C23H32BrClN2O2/c1-4-26(5-2)11-12-27(6-3)15-19-13-21(24)14-20(16-28)23(19)29-17-18-7-9-22(25)10-8-18/h7-10,13-14,28H,4-6,11-12,15-17H2,1-3H3. The van der Waals surface area contributed by atoms with E-state index >= 15 is 0 Å². The van der Waals surface area contributed by atoms with Gasteiger partial charge < -0.3 is 14.7 Å². The van der Waals surface area contributed by atoms with E-state index in [-0.39, 0.29) is 6.61 Å². The highest BCUT2D eigenvalue weighted by atomic mass is 79.9. The van der Waals surface area contributed by atoms with E-state index < -0.39 is 0 Å². The van der Waals surface area contributed by atoms with Gasteiger partial charge in [0.2, 0.25) is 0 Å². The summed E-state index contributed by atoms with van der Waals surface area (Å²) in [6.07, 6.45) is 0. The highest BCUT2D eigenvalue weighted by Gasteiger charge is 2.15. The number of halogens is 2. The number of aliphatic hydroxyl groups excluding tert-OH is 1. The normalized spacial score (nSPS) is 11.4. The molecule has 0 radical (unpaired) electrons. The van der Waals surface area contributed by atoms with Crippen molar-refractivity contribution in [1.82, 2.24) is 9.80 Å². The van der Waals surface area contributed by atoms with Crippen LogP contribution in [0.4, 0.5) is 0 Å². The summed E-state index contributed by atoms with van der Waals surface area (Å²) in [6.45, 7) is 12.9. The van der Waals surface area contributed by atoms with Gasteiger partial charge in [-0.1, -0.05) is 60.4 Å². The number of ether oxygens (including phenoxy) is 1. The van der Waals surface area contributed by atoms with Gasteiger partial charge in [-0.05, 0) is 49.5 Å². The molecule has 4 nitrogen and oxygen atoms in total. The molecule has 0 saturated heterocycles. The quantitative estimate of drug-likeness (QED) is 0.442. The third-order valence-electron chi connectivity index (χ3n) is 5.14. The van der Waals surface area contributed by atoms with E-state index in [1.54, 1.807) is 0 Å². The Morgan fingerprint density at radius 2 is 1.52 bits per heavy atom. The molecule has 0 heterocycles. The van der Waals surface area contributed by atoms with E-state index in [1.807, 2.05) is 30.3 Å². The summed E-state index contributed by atoms with van der Waals surface area (Å²) >= 11 is 9.56. The number of rotatable bonds is 12. The van der Waals surface area contributed by atoms with Crippen molar-refractivity contribution in [2.24, 2.45) is 0 Å². The maximum absolute atomic E-state index is 9.89. The topological polar surface area (TPSA) is 35.9 Å². The molecule has 2 aromatic rings. The molecule has 0 amide bonds. The lowest BCUT2D eigenvalue weighted by Crippen LogP contribution is -2.34. The zero-order chi connectivity index (χ0) is 21.2. The summed E-state index contributed by atoms with van der Waals surface area (Å²) in [6, 6.07) is 11.7. The fourth-order valence-electron chi connectivity index (χ4n) is 3.28. The van der Waals surface area contributed by atoms with E-state index in [0.29, 0.717) is 11.6 Å². The maximum Gasteiger partial charge on any atom is 0.129 e. The number of hydrogen-bond donors (Lipinski definition) is 1. The first kappa shape index (κ1) is 24.2. The summed E-state index contributed by atoms with van der Waals surface area (Å²) in [7, 11) is 0. The minimum atomic E-state index is -0.0615. The average molecular weight is 484 g/mol. The van der Waals surface area contributed by atoms with E-state index in [9.17, 15) is 5.11 Å². The molecule has 0 aliphatic carbocycles. The molecule has 1 N–H and O–H groups in total. The lowest BCUT2D eigenvalue weighted by Gasteiger charge is -2.26. The third-order valence-corrected chi connectivity index (χ3v) is 5.85. The second-order valence-electron chi connectivity index (χ2n) is 7.02. The fourth-order valence-corrected chi connectivity index (χ4v) is 3.96. The van der Waals surface area contributed by atoms with Crippen molar-refractivity contribution in [3.05, 3.63) is 62.6 Å². The largest absolute Gasteiger partial charge is 0.488 e. The molecule has 2 rings (SSSR count). The molecule has 0 saturated carbocycles. The van der Waals surface area contributed by atoms with Crippen molar-refractivity contribution < 1.29 is 9.84 Å². The van der Waals surface area contributed by atoms with Crippen molar-refractivity contribution in [3.8, 4) is 5.75 Å². The Morgan fingerprint density at radius 3 is 2.10 bits per heavy atom. The van der Waals surface area contributed by atoms with E-state index in [1.165, 1.54) is 0 Å². The Hall–Kier alpha value is -1.11. The molecule has 0 bridgehead atoms. The highest BCUT2D eigenvalue weighted by molar-refractivity contribution is 9.10. The summed E-state index contributed by atoms with van der Waals surface area (Å²) < 4.78 is 7.15. The summed E-state index contributed by atoms with van der Waals surface area (Å²) in [5, 5.41) is 10.6. The lowest BCUT2D eigenvalue weighted by atomic mass is 10.1. The molecule has 0 fully saturated rings. The van der Waals surface area contributed by atoms with Crippen molar-refractivity contribution in [2.45, 2.75) is 40.5 Å². The predicted molar refractivity (Wildman–Crippen MR) is 125 cm³/mol. The van der Waals surface area contributed by atoms with Crippen LogP contribution in [0.1, 0.15) is 37.5 Å². The highest BCUT2D eigenvalue weighted by Crippen LogP contribution is 2.31. The van der Waals surface area contributed by atoms with E-state index in [4.69, 9.17) is 16.3 Å². The first-order chi connectivity index (χ1) is 14.0. The molecule has 0 unspecified atom stereocenters. The lowest BCUT2D eigenvalue weighted by molar-refractivity contribution is 0.210. The van der Waals surface area contributed by atoms with Gasteiger partial charge in [0.15, 0.2) is 0 Å². The van der Waals surface area contributed by atoms with E-state index in [2.05, 4.69) is 52.6 Å². The molecule has 0 aliphatic rings. The van der Waals surface area contributed by atoms with Crippen LogP contribution < -0.4 is 4.74 Å². The fraction of sp³-hybridized carbons (Fsp3) is 0.478. The number of benzene rings is 2. The van der Waals surface area contributed by atoms with Crippen LogP contribution in [0, 0.1) is 0 Å². The first-order valence-corrected chi connectivity index (χ1v) is 11.4. The molecule has 0 aliphatic heterocycles. The molecule has 2 aromatic carbocycles. The molecular formula is C23H32BrClN2O2. The molecule has 6 heteroatoms. The minimum absolute atomic E-state index is 0.0615. The van der Waals surface area contributed by atoms with Crippen molar-refractivity contribution in [1.29, 1.82) is 0 Å². The van der Waals surface area contributed by atoms with Crippen LogP contribution in [0.15, 0.2) is 40.9 Å². The van der Waals surface area contributed by atoms with Gasteiger partial charge in [-0.3, -0.25) is 4.90 Å². The SMILES string of the molecule is CCN(CC)CCN(CC)Cc1cc(Br)cc(CO)c1OCc1ccc(Cl)cc1. The van der Waals surface area contributed by atoms with Crippen LogP contribution in [0.5, 0.6) is 5.75 Å². The van der Waals surface area contributed by atoms with Gasteiger partial charge in [0.1, 0.15) is 12.4 Å². The predicted octanol–water partition coefficient (Wildman–Crippen LogP) is 5.34. The maximum atomic E-state index is 9.89. The minimum Gasteiger partial charge on any atom is -0.488 e. The molecule has 0 spiro atoms. The van der Waals surface area contributed by atoms with Gasteiger partial charge in [0, 0.05) is 40.3 Å². The van der Waals surface area contributed by atoms with Crippen LogP contribution >= 0.6 is 27.5 Å². The van der Waals surface area contributed by atoms with Gasteiger partial charge in [-0.2, -0.15) is 0 Å². The monoisotopic (exact) mass is 482 g/mol. The Bertz CT molecular complexity index is 751. The summed E-state index contributed by atoms with van der Waals surface area (Å²) in [5.41, 5.74) is 2.92. The summed E-state index contributed by atoms with van der Waals surface area (Å²) in [4.78, 5) is 4.84. The van der Waals surface area contributed by atoms with Crippen LogP contribution in [0.25, 0.3) is 0 Å². The number of aliphatic hydroxyl groups is 1.